The molecule has 1 aromatic heterocycles. The standard InChI is InChI=1S/C20H21FN4/c21-15-11-9-14(10-12-15)13-22-19-17-7-3-4-8-18(17)24-20(25-19)23-16-5-1-2-6-16/h3-4,7-12,16H,1-2,5-6,13H2,(H2,22,23,24,25). The van der Waals surface area contributed by atoms with E-state index in [1.54, 1.807) is 12.1 Å². The zero-order valence-corrected chi connectivity index (χ0v) is 14.0. The van der Waals surface area contributed by atoms with Crippen LogP contribution in [0, 0.1) is 5.82 Å². The van der Waals surface area contributed by atoms with Gasteiger partial charge in [0.1, 0.15) is 11.6 Å². The lowest BCUT2D eigenvalue weighted by Gasteiger charge is -2.15. The summed E-state index contributed by atoms with van der Waals surface area (Å²) >= 11 is 0. The lowest BCUT2D eigenvalue weighted by Crippen LogP contribution is -2.17. The van der Waals surface area contributed by atoms with Crippen molar-refractivity contribution in [2.45, 2.75) is 38.3 Å². The van der Waals surface area contributed by atoms with E-state index in [-0.39, 0.29) is 5.82 Å². The van der Waals surface area contributed by atoms with Gasteiger partial charge in [-0.1, -0.05) is 37.1 Å². The van der Waals surface area contributed by atoms with Crippen LogP contribution in [0.1, 0.15) is 31.2 Å². The van der Waals surface area contributed by atoms with Crippen LogP contribution in [0.15, 0.2) is 48.5 Å². The van der Waals surface area contributed by atoms with Crippen molar-refractivity contribution in [2.24, 2.45) is 0 Å². The summed E-state index contributed by atoms with van der Waals surface area (Å²) in [6.07, 6.45) is 4.88. The number of hydrogen-bond acceptors (Lipinski definition) is 4. The van der Waals surface area contributed by atoms with Gasteiger partial charge in [-0.25, -0.2) is 9.37 Å². The van der Waals surface area contributed by atoms with E-state index in [2.05, 4.69) is 20.6 Å². The molecule has 5 heteroatoms. The molecule has 3 aromatic rings. The largest absolute Gasteiger partial charge is 0.365 e. The lowest BCUT2D eigenvalue weighted by molar-refractivity contribution is 0.627. The van der Waals surface area contributed by atoms with Crippen molar-refractivity contribution in [1.82, 2.24) is 9.97 Å². The van der Waals surface area contributed by atoms with Crippen molar-refractivity contribution in [3.05, 3.63) is 59.9 Å². The number of para-hydroxylation sites is 1. The number of nitrogens with zero attached hydrogens (tertiary/aromatic N) is 2. The van der Waals surface area contributed by atoms with Gasteiger partial charge in [-0.2, -0.15) is 4.98 Å². The molecule has 0 spiro atoms. The minimum atomic E-state index is -0.223. The average molecular weight is 336 g/mol. The highest BCUT2D eigenvalue weighted by atomic mass is 19.1. The number of hydrogen-bond donors (Lipinski definition) is 2. The van der Waals surface area contributed by atoms with Gasteiger partial charge in [-0.15, -0.1) is 0 Å². The Bertz CT molecular complexity index is 857. The second-order valence-corrected chi connectivity index (χ2v) is 6.52. The van der Waals surface area contributed by atoms with E-state index in [9.17, 15) is 4.39 Å². The number of anilines is 2. The molecule has 1 aliphatic carbocycles. The molecule has 0 aliphatic heterocycles. The van der Waals surface area contributed by atoms with Gasteiger partial charge in [-0.05, 0) is 42.7 Å². The van der Waals surface area contributed by atoms with Crippen LogP contribution in [0.4, 0.5) is 16.2 Å². The Morgan fingerprint density at radius 3 is 2.52 bits per heavy atom. The van der Waals surface area contributed by atoms with Crippen molar-refractivity contribution in [3.8, 4) is 0 Å². The summed E-state index contributed by atoms with van der Waals surface area (Å²) in [5.41, 5.74) is 1.92. The van der Waals surface area contributed by atoms with E-state index >= 15 is 0 Å². The first-order valence-electron chi connectivity index (χ1n) is 8.79. The fourth-order valence-electron chi connectivity index (χ4n) is 3.32. The molecular weight excluding hydrogens is 315 g/mol. The van der Waals surface area contributed by atoms with Gasteiger partial charge in [0.2, 0.25) is 5.95 Å². The van der Waals surface area contributed by atoms with E-state index in [1.807, 2.05) is 24.3 Å². The Kier molecular flexibility index (Phi) is 4.46. The summed E-state index contributed by atoms with van der Waals surface area (Å²) in [6, 6.07) is 15.0. The Labute approximate surface area is 146 Å². The van der Waals surface area contributed by atoms with Crippen LogP contribution in [-0.4, -0.2) is 16.0 Å². The first-order chi connectivity index (χ1) is 12.3. The second-order valence-electron chi connectivity index (χ2n) is 6.52. The molecular formula is C20H21FN4. The van der Waals surface area contributed by atoms with Crippen LogP contribution < -0.4 is 10.6 Å². The molecule has 0 bridgehead atoms. The van der Waals surface area contributed by atoms with Crippen molar-refractivity contribution in [3.63, 3.8) is 0 Å². The summed E-state index contributed by atoms with van der Waals surface area (Å²) in [6.45, 7) is 0.587. The molecule has 2 aromatic carbocycles. The number of rotatable bonds is 5. The van der Waals surface area contributed by atoms with Crippen LogP contribution in [0.5, 0.6) is 0 Å². The van der Waals surface area contributed by atoms with E-state index in [1.165, 1.54) is 37.8 Å². The molecule has 0 unspecified atom stereocenters. The second kappa shape index (κ2) is 7.05. The third kappa shape index (κ3) is 3.71. The Morgan fingerprint density at radius 1 is 0.960 bits per heavy atom. The molecule has 4 nitrogen and oxygen atoms in total. The van der Waals surface area contributed by atoms with Crippen LogP contribution in [0.2, 0.25) is 0 Å². The van der Waals surface area contributed by atoms with E-state index in [0.29, 0.717) is 18.5 Å². The predicted molar refractivity (Wildman–Crippen MR) is 99.1 cm³/mol. The fourth-order valence-corrected chi connectivity index (χ4v) is 3.32. The summed E-state index contributed by atoms with van der Waals surface area (Å²) in [7, 11) is 0. The number of nitrogens with one attached hydrogen (secondary N) is 2. The lowest BCUT2D eigenvalue weighted by atomic mass is 10.2. The van der Waals surface area contributed by atoms with Gasteiger partial charge in [0.25, 0.3) is 0 Å². The third-order valence-electron chi connectivity index (χ3n) is 4.66. The molecule has 1 fully saturated rings. The molecule has 0 saturated heterocycles. The van der Waals surface area contributed by atoms with E-state index in [4.69, 9.17) is 0 Å². The van der Waals surface area contributed by atoms with E-state index < -0.39 is 0 Å². The molecule has 0 atom stereocenters. The Morgan fingerprint density at radius 2 is 1.72 bits per heavy atom. The molecule has 1 aliphatic rings. The van der Waals surface area contributed by atoms with Crippen molar-refractivity contribution < 1.29 is 4.39 Å². The quantitative estimate of drug-likeness (QED) is 0.707. The topological polar surface area (TPSA) is 49.8 Å². The first-order valence-corrected chi connectivity index (χ1v) is 8.79. The first kappa shape index (κ1) is 15.8. The summed E-state index contributed by atoms with van der Waals surface area (Å²) in [4.78, 5) is 9.34. The summed E-state index contributed by atoms with van der Waals surface area (Å²) in [5.74, 6) is 1.25. The maximum absolute atomic E-state index is 13.1. The smallest absolute Gasteiger partial charge is 0.225 e. The van der Waals surface area contributed by atoms with Crippen molar-refractivity contribution >= 4 is 22.7 Å². The molecule has 1 heterocycles. The average Bonchev–Trinajstić information content (AvgIpc) is 3.14. The highest BCUT2D eigenvalue weighted by Crippen LogP contribution is 2.25. The maximum Gasteiger partial charge on any atom is 0.225 e. The summed E-state index contributed by atoms with van der Waals surface area (Å²) < 4.78 is 13.1. The number of aromatic nitrogens is 2. The van der Waals surface area contributed by atoms with Crippen LogP contribution >= 0.6 is 0 Å². The molecule has 0 radical (unpaired) electrons. The highest BCUT2D eigenvalue weighted by molar-refractivity contribution is 5.90. The number of benzene rings is 2. The minimum Gasteiger partial charge on any atom is -0.365 e. The van der Waals surface area contributed by atoms with Crippen LogP contribution in [0.25, 0.3) is 10.9 Å². The minimum absolute atomic E-state index is 0.223. The van der Waals surface area contributed by atoms with Gasteiger partial charge in [0, 0.05) is 18.0 Å². The molecule has 25 heavy (non-hydrogen) atoms. The van der Waals surface area contributed by atoms with Crippen LogP contribution in [0.3, 0.4) is 0 Å². The molecule has 128 valence electrons. The van der Waals surface area contributed by atoms with Gasteiger partial charge in [0.15, 0.2) is 0 Å². The Hall–Kier alpha value is -2.69. The van der Waals surface area contributed by atoms with Gasteiger partial charge >= 0.3 is 0 Å². The normalized spacial score (nSPS) is 14.8. The number of fused-ring (bicyclic) bond motifs is 1. The maximum atomic E-state index is 13.1. The molecule has 2 N–H and O–H groups in total. The monoisotopic (exact) mass is 336 g/mol. The van der Waals surface area contributed by atoms with Gasteiger partial charge in [-0.3, -0.25) is 0 Å². The fraction of sp³-hybridized carbons (Fsp3) is 0.300. The number of halogens is 1. The zero-order valence-electron chi connectivity index (χ0n) is 14.0. The molecule has 0 amide bonds. The highest BCUT2D eigenvalue weighted by Gasteiger charge is 2.16. The predicted octanol–water partition coefficient (Wildman–Crippen LogP) is 4.74. The molecule has 4 rings (SSSR count). The van der Waals surface area contributed by atoms with Gasteiger partial charge < -0.3 is 10.6 Å². The molecule has 1 saturated carbocycles. The SMILES string of the molecule is Fc1ccc(CNc2nc(NC3CCCC3)nc3ccccc23)cc1. The Balaban J connectivity index is 1.59. The summed E-state index contributed by atoms with van der Waals surface area (Å²) in [5, 5.41) is 7.83. The van der Waals surface area contributed by atoms with Crippen molar-refractivity contribution in [1.29, 1.82) is 0 Å². The zero-order chi connectivity index (χ0) is 17.1. The van der Waals surface area contributed by atoms with Crippen molar-refractivity contribution in [2.75, 3.05) is 10.6 Å². The third-order valence-corrected chi connectivity index (χ3v) is 4.66. The van der Waals surface area contributed by atoms with Crippen LogP contribution in [-0.2, 0) is 6.54 Å². The van der Waals surface area contributed by atoms with Gasteiger partial charge in [0.05, 0.1) is 5.52 Å². The van der Waals surface area contributed by atoms with E-state index in [0.717, 1.165) is 22.3 Å².